The second kappa shape index (κ2) is 10.8. The number of halogens is 2. The lowest BCUT2D eigenvalue weighted by Gasteiger charge is -2.33. The summed E-state index contributed by atoms with van der Waals surface area (Å²) in [6.45, 7) is 8.05. The fourth-order valence-corrected chi connectivity index (χ4v) is 3.60. The summed E-state index contributed by atoms with van der Waals surface area (Å²) in [5.41, 5.74) is 1.47. The molecule has 0 radical (unpaired) electrons. The smallest absolute Gasteiger partial charge is 0.243 e. The molecule has 0 aromatic heterocycles. The van der Waals surface area contributed by atoms with Gasteiger partial charge in [-0.25, -0.2) is 0 Å². The van der Waals surface area contributed by atoms with Crippen LogP contribution in [0.25, 0.3) is 0 Å². The van der Waals surface area contributed by atoms with Gasteiger partial charge in [-0.1, -0.05) is 60.5 Å². The number of benzene rings is 2. The molecule has 30 heavy (non-hydrogen) atoms. The van der Waals surface area contributed by atoms with Gasteiger partial charge in [0.2, 0.25) is 11.8 Å². The predicted octanol–water partition coefficient (Wildman–Crippen LogP) is 5.65. The van der Waals surface area contributed by atoms with Crippen molar-refractivity contribution in [2.75, 3.05) is 0 Å². The van der Waals surface area contributed by atoms with Crippen LogP contribution >= 0.6 is 23.2 Å². The van der Waals surface area contributed by atoms with Gasteiger partial charge in [0.15, 0.2) is 0 Å². The molecule has 0 aliphatic heterocycles. The summed E-state index contributed by atoms with van der Waals surface area (Å²) >= 11 is 12.2. The number of rotatable bonds is 8. The molecule has 0 spiro atoms. The predicted molar refractivity (Wildman–Crippen MR) is 124 cm³/mol. The fourth-order valence-electron chi connectivity index (χ4n) is 3.25. The molecular formula is C24H30Cl2N2O2. The lowest BCUT2D eigenvalue weighted by molar-refractivity contribution is -0.142. The van der Waals surface area contributed by atoms with Crippen molar-refractivity contribution in [2.24, 2.45) is 0 Å². The number of amides is 2. The SMILES string of the molecule is CC[C@@H](C(=O)NC(C)(C)C)N(Cc1ccc(Cl)cc1)C(=O)CCc1ccccc1Cl. The van der Waals surface area contributed by atoms with Crippen molar-refractivity contribution in [1.29, 1.82) is 0 Å². The largest absolute Gasteiger partial charge is 0.350 e. The van der Waals surface area contributed by atoms with Gasteiger partial charge in [0.05, 0.1) is 0 Å². The van der Waals surface area contributed by atoms with Crippen LogP contribution in [0.4, 0.5) is 0 Å². The first-order valence-electron chi connectivity index (χ1n) is 10.2. The maximum Gasteiger partial charge on any atom is 0.243 e. The van der Waals surface area contributed by atoms with Crippen molar-refractivity contribution in [2.45, 2.75) is 65.1 Å². The Hall–Kier alpha value is -2.04. The van der Waals surface area contributed by atoms with Crippen LogP contribution in [0.1, 0.15) is 51.7 Å². The summed E-state index contributed by atoms with van der Waals surface area (Å²) in [6, 6.07) is 14.3. The lowest BCUT2D eigenvalue weighted by Crippen LogP contribution is -2.53. The van der Waals surface area contributed by atoms with Crippen LogP contribution in [0.15, 0.2) is 48.5 Å². The van der Waals surface area contributed by atoms with Gasteiger partial charge in [0.1, 0.15) is 6.04 Å². The Morgan fingerprint density at radius 2 is 1.67 bits per heavy atom. The Morgan fingerprint density at radius 3 is 2.23 bits per heavy atom. The first-order chi connectivity index (χ1) is 14.1. The zero-order chi connectivity index (χ0) is 22.3. The molecule has 162 valence electrons. The van der Waals surface area contributed by atoms with E-state index < -0.39 is 6.04 Å². The van der Waals surface area contributed by atoms with Crippen molar-refractivity contribution < 1.29 is 9.59 Å². The molecule has 4 nitrogen and oxygen atoms in total. The van der Waals surface area contributed by atoms with Crippen LogP contribution in [-0.2, 0) is 22.6 Å². The lowest BCUT2D eigenvalue weighted by atomic mass is 10.0. The van der Waals surface area contributed by atoms with Crippen molar-refractivity contribution in [3.63, 3.8) is 0 Å². The van der Waals surface area contributed by atoms with Gasteiger partial charge in [0, 0.05) is 28.5 Å². The zero-order valence-electron chi connectivity index (χ0n) is 18.0. The highest BCUT2D eigenvalue weighted by Crippen LogP contribution is 2.20. The summed E-state index contributed by atoms with van der Waals surface area (Å²) in [5.74, 6) is -0.231. The molecule has 0 aliphatic carbocycles. The minimum absolute atomic E-state index is 0.0826. The summed E-state index contributed by atoms with van der Waals surface area (Å²) in [5, 5.41) is 4.29. The maximum atomic E-state index is 13.2. The monoisotopic (exact) mass is 448 g/mol. The number of hydrogen-bond acceptors (Lipinski definition) is 2. The number of nitrogens with one attached hydrogen (secondary N) is 1. The second-order valence-electron chi connectivity index (χ2n) is 8.40. The van der Waals surface area contributed by atoms with E-state index >= 15 is 0 Å². The number of carbonyl (C=O) groups is 2. The van der Waals surface area contributed by atoms with E-state index in [9.17, 15) is 9.59 Å². The molecule has 2 aromatic rings. The summed E-state index contributed by atoms with van der Waals surface area (Å²) in [7, 11) is 0. The number of carbonyl (C=O) groups excluding carboxylic acids is 2. The number of hydrogen-bond donors (Lipinski definition) is 1. The topological polar surface area (TPSA) is 49.4 Å². The van der Waals surface area contributed by atoms with E-state index in [1.807, 2.05) is 64.1 Å². The van der Waals surface area contributed by atoms with Gasteiger partial charge >= 0.3 is 0 Å². The molecule has 0 saturated carbocycles. The molecule has 1 atom stereocenters. The van der Waals surface area contributed by atoms with Gasteiger partial charge in [0.25, 0.3) is 0 Å². The first kappa shape index (κ1) is 24.2. The van der Waals surface area contributed by atoms with Crippen LogP contribution in [0.2, 0.25) is 10.0 Å². The van der Waals surface area contributed by atoms with Crippen LogP contribution < -0.4 is 5.32 Å². The van der Waals surface area contributed by atoms with E-state index in [1.165, 1.54) is 0 Å². The molecule has 2 amide bonds. The van der Waals surface area contributed by atoms with Crippen LogP contribution in [0, 0.1) is 0 Å². The van der Waals surface area contributed by atoms with Crippen molar-refractivity contribution in [3.05, 3.63) is 69.7 Å². The molecule has 6 heteroatoms. The van der Waals surface area contributed by atoms with Crippen molar-refractivity contribution >= 4 is 35.0 Å². The van der Waals surface area contributed by atoms with Gasteiger partial charge in [-0.05, 0) is 62.9 Å². The molecule has 1 N–H and O–H groups in total. The average molecular weight is 449 g/mol. The Balaban J connectivity index is 2.24. The molecule has 0 bridgehead atoms. The van der Waals surface area contributed by atoms with Gasteiger partial charge in [-0.15, -0.1) is 0 Å². The molecular weight excluding hydrogens is 419 g/mol. The Labute approximate surface area is 189 Å². The second-order valence-corrected chi connectivity index (χ2v) is 9.25. The Bertz CT molecular complexity index is 860. The summed E-state index contributed by atoms with van der Waals surface area (Å²) in [4.78, 5) is 27.9. The van der Waals surface area contributed by atoms with Gasteiger partial charge < -0.3 is 10.2 Å². The minimum atomic E-state index is -0.557. The molecule has 0 unspecified atom stereocenters. The highest BCUT2D eigenvalue weighted by molar-refractivity contribution is 6.31. The van der Waals surface area contributed by atoms with Gasteiger partial charge in [-0.3, -0.25) is 9.59 Å². The number of nitrogens with zero attached hydrogens (tertiary/aromatic N) is 1. The molecule has 0 heterocycles. The van der Waals surface area contributed by atoms with Crippen LogP contribution in [0.3, 0.4) is 0 Å². The minimum Gasteiger partial charge on any atom is -0.350 e. The first-order valence-corrected chi connectivity index (χ1v) is 11.0. The summed E-state index contributed by atoms with van der Waals surface area (Å²) < 4.78 is 0. The highest BCUT2D eigenvalue weighted by Gasteiger charge is 2.30. The van der Waals surface area contributed by atoms with Crippen LogP contribution in [0.5, 0.6) is 0 Å². The fraction of sp³-hybridized carbons (Fsp3) is 0.417. The normalized spacial score (nSPS) is 12.3. The third-order valence-electron chi connectivity index (χ3n) is 4.72. The summed E-state index contributed by atoms with van der Waals surface area (Å²) in [6.07, 6.45) is 1.32. The van der Waals surface area contributed by atoms with Crippen molar-refractivity contribution in [1.82, 2.24) is 10.2 Å². The average Bonchev–Trinajstić information content (AvgIpc) is 2.67. The number of aryl methyl sites for hydroxylation is 1. The van der Waals surface area contributed by atoms with E-state index in [-0.39, 0.29) is 23.8 Å². The van der Waals surface area contributed by atoms with Crippen molar-refractivity contribution in [3.8, 4) is 0 Å². The van der Waals surface area contributed by atoms with E-state index in [2.05, 4.69) is 5.32 Å². The quantitative estimate of drug-likeness (QED) is 0.566. The third kappa shape index (κ3) is 7.33. The van der Waals surface area contributed by atoms with E-state index in [4.69, 9.17) is 23.2 Å². The Kier molecular flexibility index (Phi) is 8.75. The molecule has 2 rings (SSSR count). The van der Waals surface area contributed by atoms with E-state index in [0.29, 0.717) is 29.4 Å². The molecule has 0 fully saturated rings. The van der Waals surface area contributed by atoms with E-state index in [0.717, 1.165) is 11.1 Å². The maximum absolute atomic E-state index is 13.2. The zero-order valence-corrected chi connectivity index (χ0v) is 19.6. The molecule has 0 aliphatic rings. The highest BCUT2D eigenvalue weighted by atomic mass is 35.5. The molecule has 0 saturated heterocycles. The Morgan fingerprint density at radius 1 is 1.03 bits per heavy atom. The van der Waals surface area contributed by atoms with E-state index in [1.54, 1.807) is 17.0 Å². The van der Waals surface area contributed by atoms with Gasteiger partial charge in [-0.2, -0.15) is 0 Å². The third-order valence-corrected chi connectivity index (χ3v) is 5.34. The van der Waals surface area contributed by atoms with Crippen LogP contribution in [-0.4, -0.2) is 28.3 Å². The molecule has 2 aromatic carbocycles. The standard InChI is InChI=1S/C24H30Cl2N2O2/c1-5-21(23(30)27-24(2,3)4)28(16-17-10-13-19(25)14-11-17)22(29)15-12-18-8-6-7-9-20(18)26/h6-11,13-14,21H,5,12,15-16H2,1-4H3,(H,27,30)/t21-/m0/s1.